The summed E-state index contributed by atoms with van der Waals surface area (Å²) in [6, 6.07) is 10.5. The summed E-state index contributed by atoms with van der Waals surface area (Å²) in [5.41, 5.74) is 3.47. The molecule has 1 aromatic carbocycles. The van der Waals surface area contributed by atoms with Crippen LogP contribution >= 0.6 is 11.3 Å². The van der Waals surface area contributed by atoms with E-state index in [-0.39, 0.29) is 0 Å². The predicted molar refractivity (Wildman–Crippen MR) is 77.3 cm³/mol. The Hall–Kier alpha value is -1.16. The minimum absolute atomic E-state index is 0.422. The molecule has 1 aliphatic rings. The van der Waals surface area contributed by atoms with E-state index in [2.05, 4.69) is 31.2 Å². The van der Waals surface area contributed by atoms with Crippen LogP contribution in [0.2, 0.25) is 0 Å². The Bertz CT molecular complexity index is 574. The molecule has 1 atom stereocenters. The van der Waals surface area contributed by atoms with Crippen LogP contribution in [0.15, 0.2) is 30.3 Å². The first kappa shape index (κ1) is 12.9. The molecule has 0 amide bonds. The van der Waals surface area contributed by atoms with Gasteiger partial charge in [0.1, 0.15) is 0 Å². The van der Waals surface area contributed by atoms with Crippen molar-refractivity contribution < 1.29 is 9.84 Å². The van der Waals surface area contributed by atoms with Gasteiger partial charge in [0.25, 0.3) is 0 Å². The number of benzene rings is 1. The lowest BCUT2D eigenvalue weighted by Crippen LogP contribution is -2.01. The Balaban J connectivity index is 1.74. The predicted octanol–water partition coefficient (Wildman–Crippen LogP) is 3.62. The van der Waals surface area contributed by atoms with Crippen molar-refractivity contribution >= 4 is 11.3 Å². The fourth-order valence-corrected chi connectivity index (χ4v) is 3.42. The smallest absolute Gasteiger partial charge is 0.0838 e. The van der Waals surface area contributed by atoms with E-state index >= 15 is 0 Å². The first-order valence-corrected chi connectivity index (χ1v) is 7.53. The van der Waals surface area contributed by atoms with E-state index in [1.807, 2.05) is 6.07 Å². The van der Waals surface area contributed by atoms with Crippen LogP contribution in [-0.4, -0.2) is 5.11 Å². The maximum atomic E-state index is 10.4. The Kier molecular flexibility index (Phi) is 3.69. The number of hydrogen-bond donors (Lipinski definition) is 1. The summed E-state index contributed by atoms with van der Waals surface area (Å²) in [5.74, 6) is 0. The maximum absolute atomic E-state index is 10.4. The van der Waals surface area contributed by atoms with Gasteiger partial charge in [0.05, 0.1) is 19.3 Å². The van der Waals surface area contributed by atoms with Crippen LogP contribution in [0.4, 0.5) is 0 Å². The number of fused-ring (bicyclic) bond motifs is 1. The second-order valence-electron chi connectivity index (χ2n) is 4.96. The maximum Gasteiger partial charge on any atom is 0.0838 e. The van der Waals surface area contributed by atoms with Crippen molar-refractivity contribution in [3.05, 3.63) is 56.8 Å². The molecule has 0 saturated carbocycles. The largest absolute Gasteiger partial charge is 0.388 e. The van der Waals surface area contributed by atoms with Crippen LogP contribution in [0.5, 0.6) is 0 Å². The summed E-state index contributed by atoms with van der Waals surface area (Å²) < 4.78 is 5.41. The van der Waals surface area contributed by atoms with Crippen molar-refractivity contribution in [3.63, 3.8) is 0 Å². The molecule has 3 heteroatoms. The standard InChI is InChI=1S/C16H18O2S/c1-2-14-5-6-15(19-14)8-16(17)11-3-4-12-9-18-10-13(12)7-11/h3-7,16-17H,2,8-10H2,1H3. The SMILES string of the molecule is CCc1ccc(CC(O)c2ccc3c(c2)COC3)s1. The lowest BCUT2D eigenvalue weighted by molar-refractivity contribution is 0.134. The summed E-state index contributed by atoms with van der Waals surface area (Å²) in [6.45, 7) is 3.54. The summed E-state index contributed by atoms with van der Waals surface area (Å²) in [6.07, 6.45) is 1.34. The van der Waals surface area contributed by atoms with Gasteiger partial charge in [0, 0.05) is 16.2 Å². The van der Waals surface area contributed by atoms with Gasteiger partial charge in [-0.1, -0.05) is 25.1 Å². The van der Waals surface area contributed by atoms with Gasteiger partial charge in [0.15, 0.2) is 0 Å². The van der Waals surface area contributed by atoms with Crippen LogP contribution in [0.3, 0.4) is 0 Å². The molecule has 1 unspecified atom stereocenters. The van der Waals surface area contributed by atoms with Crippen LogP contribution in [0, 0.1) is 0 Å². The molecule has 0 radical (unpaired) electrons. The van der Waals surface area contributed by atoms with Gasteiger partial charge in [-0.3, -0.25) is 0 Å². The van der Waals surface area contributed by atoms with Gasteiger partial charge in [-0.05, 0) is 35.2 Å². The highest BCUT2D eigenvalue weighted by Crippen LogP contribution is 2.27. The number of thiophene rings is 1. The van der Waals surface area contributed by atoms with Crippen molar-refractivity contribution in [2.24, 2.45) is 0 Å². The van der Waals surface area contributed by atoms with Crippen molar-refractivity contribution in [2.45, 2.75) is 39.1 Å². The highest BCUT2D eigenvalue weighted by molar-refractivity contribution is 7.11. The highest BCUT2D eigenvalue weighted by atomic mass is 32.1. The molecule has 2 aromatic rings. The third kappa shape index (κ3) is 2.73. The van der Waals surface area contributed by atoms with Crippen molar-refractivity contribution in [2.75, 3.05) is 0 Å². The number of aliphatic hydroxyl groups is 1. The minimum atomic E-state index is -0.422. The van der Waals surface area contributed by atoms with Gasteiger partial charge in [0.2, 0.25) is 0 Å². The normalized spacial score (nSPS) is 15.5. The molecule has 0 spiro atoms. The second kappa shape index (κ2) is 5.45. The number of hydrogen-bond acceptors (Lipinski definition) is 3. The summed E-state index contributed by atoms with van der Waals surface area (Å²) in [7, 11) is 0. The lowest BCUT2D eigenvalue weighted by atomic mass is 10.0. The zero-order valence-electron chi connectivity index (χ0n) is 11.1. The van der Waals surface area contributed by atoms with E-state index in [4.69, 9.17) is 4.74 Å². The van der Waals surface area contributed by atoms with Gasteiger partial charge >= 0.3 is 0 Å². The van der Waals surface area contributed by atoms with Crippen molar-refractivity contribution in [1.82, 2.24) is 0 Å². The second-order valence-corrected chi connectivity index (χ2v) is 6.22. The van der Waals surface area contributed by atoms with E-state index in [0.717, 1.165) is 12.0 Å². The molecule has 100 valence electrons. The Morgan fingerprint density at radius 2 is 1.95 bits per heavy atom. The monoisotopic (exact) mass is 274 g/mol. The van der Waals surface area contributed by atoms with Gasteiger partial charge in [-0.25, -0.2) is 0 Å². The van der Waals surface area contributed by atoms with Gasteiger partial charge in [-0.15, -0.1) is 11.3 Å². The topological polar surface area (TPSA) is 29.5 Å². The van der Waals surface area contributed by atoms with Crippen molar-refractivity contribution in [1.29, 1.82) is 0 Å². The van der Waals surface area contributed by atoms with Crippen LogP contribution in [-0.2, 0) is 30.8 Å². The molecule has 1 aliphatic heterocycles. The zero-order valence-corrected chi connectivity index (χ0v) is 11.9. The average Bonchev–Trinajstić information content (AvgIpc) is 3.05. The van der Waals surface area contributed by atoms with Gasteiger partial charge < -0.3 is 9.84 Å². The molecular weight excluding hydrogens is 256 g/mol. The molecule has 1 aromatic heterocycles. The summed E-state index contributed by atoms with van der Waals surface area (Å²) in [4.78, 5) is 2.63. The molecule has 0 bridgehead atoms. The van der Waals surface area contributed by atoms with Crippen LogP contribution in [0.25, 0.3) is 0 Å². The molecular formula is C16H18O2S. The highest BCUT2D eigenvalue weighted by Gasteiger charge is 2.15. The Labute approximate surface area is 117 Å². The molecule has 3 rings (SSSR count). The lowest BCUT2D eigenvalue weighted by Gasteiger charge is -2.11. The van der Waals surface area contributed by atoms with E-state index in [9.17, 15) is 5.11 Å². The quantitative estimate of drug-likeness (QED) is 0.922. The third-order valence-corrected chi connectivity index (χ3v) is 4.84. The van der Waals surface area contributed by atoms with Crippen LogP contribution in [0.1, 0.15) is 39.5 Å². The first-order chi connectivity index (χ1) is 9.26. The molecule has 2 heterocycles. The first-order valence-electron chi connectivity index (χ1n) is 6.71. The molecule has 0 aliphatic carbocycles. The summed E-state index contributed by atoms with van der Waals surface area (Å²) in [5, 5.41) is 10.4. The minimum Gasteiger partial charge on any atom is -0.388 e. The van der Waals surface area contributed by atoms with Crippen LogP contribution < -0.4 is 0 Å². The fraction of sp³-hybridized carbons (Fsp3) is 0.375. The zero-order chi connectivity index (χ0) is 13.2. The molecule has 19 heavy (non-hydrogen) atoms. The molecule has 1 N–H and O–H groups in total. The Morgan fingerprint density at radius 3 is 2.74 bits per heavy atom. The number of ether oxygens (including phenoxy) is 1. The molecule has 2 nitrogen and oxygen atoms in total. The van der Waals surface area contributed by atoms with E-state index in [1.54, 1.807) is 11.3 Å². The summed E-state index contributed by atoms with van der Waals surface area (Å²) >= 11 is 1.80. The number of rotatable bonds is 4. The van der Waals surface area contributed by atoms with Gasteiger partial charge in [-0.2, -0.15) is 0 Å². The third-order valence-electron chi connectivity index (χ3n) is 3.59. The Morgan fingerprint density at radius 1 is 1.16 bits per heavy atom. The van der Waals surface area contributed by atoms with E-state index in [0.29, 0.717) is 19.6 Å². The average molecular weight is 274 g/mol. The van der Waals surface area contributed by atoms with Crippen molar-refractivity contribution in [3.8, 4) is 0 Å². The number of aryl methyl sites for hydroxylation is 1. The molecule has 0 fully saturated rings. The van der Waals surface area contributed by atoms with E-state index < -0.39 is 6.10 Å². The van der Waals surface area contributed by atoms with E-state index in [1.165, 1.54) is 20.9 Å². The number of aliphatic hydroxyl groups excluding tert-OH is 1. The molecule has 0 saturated heterocycles. The fourth-order valence-electron chi connectivity index (χ4n) is 2.43.